The summed E-state index contributed by atoms with van der Waals surface area (Å²) in [5.74, 6) is 0.541. The SMILES string of the molecule is CC(Cc1ccccc1F)NC(=O)NC1CCOc2ccc(Br)cc21. The van der Waals surface area contributed by atoms with Crippen LogP contribution in [0.3, 0.4) is 0 Å². The van der Waals surface area contributed by atoms with Crippen molar-refractivity contribution < 1.29 is 13.9 Å². The number of rotatable bonds is 4. The third kappa shape index (κ3) is 4.51. The van der Waals surface area contributed by atoms with Gasteiger partial charge in [0.15, 0.2) is 0 Å². The fraction of sp³-hybridized carbons (Fsp3) is 0.316. The number of hydrogen-bond donors (Lipinski definition) is 2. The van der Waals surface area contributed by atoms with Gasteiger partial charge in [0.1, 0.15) is 11.6 Å². The summed E-state index contributed by atoms with van der Waals surface area (Å²) >= 11 is 3.45. The van der Waals surface area contributed by atoms with Gasteiger partial charge in [-0.1, -0.05) is 34.1 Å². The van der Waals surface area contributed by atoms with Crippen molar-refractivity contribution in [3.05, 3.63) is 63.9 Å². The quantitative estimate of drug-likeness (QED) is 0.792. The zero-order chi connectivity index (χ0) is 17.8. The highest BCUT2D eigenvalue weighted by molar-refractivity contribution is 9.10. The highest BCUT2D eigenvalue weighted by Gasteiger charge is 2.23. The first-order valence-corrected chi connectivity index (χ1v) is 9.05. The van der Waals surface area contributed by atoms with Crippen LogP contribution < -0.4 is 15.4 Å². The van der Waals surface area contributed by atoms with Crippen LogP contribution in [0.5, 0.6) is 5.75 Å². The van der Waals surface area contributed by atoms with Crippen molar-refractivity contribution in [3.63, 3.8) is 0 Å². The van der Waals surface area contributed by atoms with E-state index in [1.807, 2.05) is 25.1 Å². The van der Waals surface area contributed by atoms with Gasteiger partial charge in [0, 0.05) is 22.5 Å². The maximum absolute atomic E-state index is 13.7. The minimum absolute atomic E-state index is 0.109. The molecule has 2 N–H and O–H groups in total. The molecular formula is C19H20BrFN2O2. The molecule has 1 aliphatic rings. The Labute approximate surface area is 154 Å². The Morgan fingerprint density at radius 2 is 2.16 bits per heavy atom. The Morgan fingerprint density at radius 3 is 2.96 bits per heavy atom. The predicted octanol–water partition coefficient (Wildman–Crippen LogP) is 4.34. The van der Waals surface area contributed by atoms with E-state index in [1.54, 1.807) is 18.2 Å². The van der Waals surface area contributed by atoms with Crippen LogP contribution >= 0.6 is 15.9 Å². The maximum Gasteiger partial charge on any atom is 0.315 e. The molecule has 2 aromatic rings. The number of carbonyl (C=O) groups excluding carboxylic acids is 1. The summed E-state index contributed by atoms with van der Waals surface area (Å²) in [6.07, 6.45) is 1.15. The summed E-state index contributed by atoms with van der Waals surface area (Å²) < 4.78 is 20.3. The van der Waals surface area contributed by atoms with Gasteiger partial charge in [-0.05, 0) is 43.2 Å². The van der Waals surface area contributed by atoms with Gasteiger partial charge >= 0.3 is 6.03 Å². The van der Waals surface area contributed by atoms with Gasteiger partial charge in [-0.2, -0.15) is 0 Å². The van der Waals surface area contributed by atoms with Crippen molar-refractivity contribution in [2.45, 2.75) is 31.8 Å². The summed E-state index contributed by atoms with van der Waals surface area (Å²) in [5, 5.41) is 5.87. The summed E-state index contributed by atoms with van der Waals surface area (Å²) in [6.45, 7) is 2.42. The molecule has 0 saturated carbocycles. The lowest BCUT2D eigenvalue weighted by Gasteiger charge is -2.27. The van der Waals surface area contributed by atoms with Crippen molar-refractivity contribution in [1.29, 1.82) is 0 Å². The molecule has 0 radical (unpaired) electrons. The summed E-state index contributed by atoms with van der Waals surface area (Å²) in [6, 6.07) is 11.8. The van der Waals surface area contributed by atoms with Crippen molar-refractivity contribution in [2.75, 3.05) is 6.61 Å². The van der Waals surface area contributed by atoms with E-state index < -0.39 is 0 Å². The van der Waals surface area contributed by atoms with Crippen LogP contribution in [0.15, 0.2) is 46.9 Å². The van der Waals surface area contributed by atoms with Crippen molar-refractivity contribution in [2.24, 2.45) is 0 Å². The zero-order valence-electron chi connectivity index (χ0n) is 13.9. The number of benzene rings is 2. The van der Waals surface area contributed by atoms with E-state index in [9.17, 15) is 9.18 Å². The first-order chi connectivity index (χ1) is 12.0. The number of hydrogen-bond acceptors (Lipinski definition) is 2. The minimum Gasteiger partial charge on any atom is -0.493 e. The van der Waals surface area contributed by atoms with Crippen LogP contribution in [0.1, 0.15) is 30.5 Å². The standard InChI is InChI=1S/C19H20BrFN2O2/c1-12(10-13-4-2-3-5-16(13)21)22-19(24)23-17-8-9-25-18-7-6-14(20)11-15(17)18/h2-7,11-12,17H,8-10H2,1H3,(H2,22,23,24). The molecule has 2 aromatic carbocycles. The van der Waals surface area contributed by atoms with Crippen LogP contribution in [-0.4, -0.2) is 18.7 Å². The number of amides is 2. The molecule has 0 bridgehead atoms. The number of urea groups is 1. The molecule has 132 valence electrons. The molecule has 0 aromatic heterocycles. The van der Waals surface area contributed by atoms with Crippen molar-refractivity contribution in [3.8, 4) is 5.75 Å². The smallest absolute Gasteiger partial charge is 0.315 e. The van der Waals surface area contributed by atoms with Crippen LogP contribution in [0, 0.1) is 5.82 Å². The lowest BCUT2D eigenvalue weighted by molar-refractivity contribution is 0.221. The molecule has 3 rings (SSSR count). The molecule has 1 aliphatic heterocycles. The van der Waals surface area contributed by atoms with E-state index in [-0.39, 0.29) is 23.9 Å². The van der Waals surface area contributed by atoms with Crippen LogP contribution in [0.2, 0.25) is 0 Å². The van der Waals surface area contributed by atoms with Crippen LogP contribution in [0.4, 0.5) is 9.18 Å². The average Bonchev–Trinajstić information content (AvgIpc) is 2.57. The molecule has 0 spiro atoms. The minimum atomic E-state index is -0.262. The highest BCUT2D eigenvalue weighted by atomic mass is 79.9. The topological polar surface area (TPSA) is 50.4 Å². The number of fused-ring (bicyclic) bond motifs is 1. The maximum atomic E-state index is 13.7. The number of halogens is 2. The molecule has 2 atom stereocenters. The Balaban J connectivity index is 1.60. The molecule has 0 fully saturated rings. The summed E-state index contributed by atoms with van der Waals surface area (Å²) in [7, 11) is 0. The normalized spacial score (nSPS) is 17.2. The first kappa shape index (κ1) is 17.7. The molecule has 1 heterocycles. The molecule has 0 saturated heterocycles. The second-order valence-corrected chi connectivity index (χ2v) is 7.10. The van der Waals surface area contributed by atoms with E-state index >= 15 is 0 Å². The van der Waals surface area contributed by atoms with Gasteiger partial charge in [0.25, 0.3) is 0 Å². The zero-order valence-corrected chi connectivity index (χ0v) is 15.5. The first-order valence-electron chi connectivity index (χ1n) is 8.25. The third-order valence-corrected chi connectivity index (χ3v) is 4.67. The molecule has 2 unspecified atom stereocenters. The van der Waals surface area contributed by atoms with E-state index in [2.05, 4.69) is 26.6 Å². The van der Waals surface area contributed by atoms with Crippen molar-refractivity contribution in [1.82, 2.24) is 10.6 Å². The predicted molar refractivity (Wildman–Crippen MR) is 98.2 cm³/mol. The summed E-state index contributed by atoms with van der Waals surface area (Å²) in [5.41, 5.74) is 1.55. The van der Waals surface area contributed by atoms with Gasteiger partial charge in [-0.3, -0.25) is 0 Å². The fourth-order valence-electron chi connectivity index (χ4n) is 2.98. The number of carbonyl (C=O) groups is 1. The average molecular weight is 407 g/mol. The van der Waals surface area contributed by atoms with Crippen LogP contribution in [-0.2, 0) is 6.42 Å². The monoisotopic (exact) mass is 406 g/mol. The molecule has 6 heteroatoms. The molecule has 2 amide bonds. The van der Waals surface area contributed by atoms with Gasteiger partial charge in [0.2, 0.25) is 0 Å². The number of nitrogens with one attached hydrogen (secondary N) is 2. The van der Waals surface area contributed by atoms with Gasteiger partial charge in [-0.15, -0.1) is 0 Å². The lowest BCUT2D eigenvalue weighted by atomic mass is 10.0. The van der Waals surface area contributed by atoms with E-state index in [4.69, 9.17) is 4.74 Å². The van der Waals surface area contributed by atoms with E-state index in [0.717, 1.165) is 15.8 Å². The molecule has 4 nitrogen and oxygen atoms in total. The number of ether oxygens (including phenoxy) is 1. The van der Waals surface area contributed by atoms with Gasteiger partial charge < -0.3 is 15.4 Å². The van der Waals surface area contributed by atoms with Gasteiger partial charge in [-0.25, -0.2) is 9.18 Å². The second-order valence-electron chi connectivity index (χ2n) is 6.19. The van der Waals surface area contributed by atoms with Crippen molar-refractivity contribution >= 4 is 22.0 Å². The Hall–Kier alpha value is -2.08. The van der Waals surface area contributed by atoms with Gasteiger partial charge in [0.05, 0.1) is 12.6 Å². The molecule has 25 heavy (non-hydrogen) atoms. The summed E-state index contributed by atoms with van der Waals surface area (Å²) in [4.78, 5) is 12.3. The lowest BCUT2D eigenvalue weighted by Crippen LogP contribution is -2.44. The highest BCUT2D eigenvalue weighted by Crippen LogP contribution is 2.34. The van der Waals surface area contributed by atoms with E-state index in [0.29, 0.717) is 25.0 Å². The molecular weight excluding hydrogens is 387 g/mol. The fourth-order valence-corrected chi connectivity index (χ4v) is 3.36. The largest absolute Gasteiger partial charge is 0.493 e. The van der Waals surface area contributed by atoms with E-state index in [1.165, 1.54) is 6.07 Å². The Kier molecular flexibility index (Phi) is 5.58. The van der Waals surface area contributed by atoms with Crippen LogP contribution in [0.25, 0.3) is 0 Å². The molecule has 0 aliphatic carbocycles. The second kappa shape index (κ2) is 7.87. The third-order valence-electron chi connectivity index (χ3n) is 4.18. The Morgan fingerprint density at radius 1 is 1.36 bits per heavy atom. The Bertz CT molecular complexity index is 769.